The number of fused-ring (bicyclic) bond motifs is 3. The summed E-state index contributed by atoms with van der Waals surface area (Å²) >= 11 is 0. The fourth-order valence-corrected chi connectivity index (χ4v) is 1.97. The van der Waals surface area contributed by atoms with Crippen LogP contribution in [0.1, 0.15) is 13.8 Å². The Bertz CT molecular complexity index is 215. The molecule has 0 aromatic heterocycles. The van der Waals surface area contributed by atoms with Crippen molar-refractivity contribution < 1.29 is 18.9 Å². The molecule has 0 aliphatic carbocycles. The lowest BCUT2D eigenvalue weighted by Gasteiger charge is -2.32. The number of rotatable bonds is 0. The van der Waals surface area contributed by atoms with Crippen LogP contribution in [0.3, 0.4) is 0 Å². The first-order chi connectivity index (χ1) is 5.66. The Morgan fingerprint density at radius 3 is 2.67 bits per heavy atom. The minimum Gasteiger partial charge on any atom is -0.370 e. The average molecular weight is 172 g/mol. The molecule has 68 valence electrons. The summed E-state index contributed by atoms with van der Waals surface area (Å²) < 4.78 is 22.0. The molecule has 0 N–H and O–H groups in total. The molecule has 0 spiro atoms. The molecule has 3 aliphatic rings. The summed E-state index contributed by atoms with van der Waals surface area (Å²) in [4.78, 5) is 0. The van der Waals surface area contributed by atoms with Gasteiger partial charge < -0.3 is 18.9 Å². The lowest BCUT2D eigenvalue weighted by Crippen LogP contribution is -2.48. The van der Waals surface area contributed by atoms with Crippen LogP contribution in [-0.4, -0.2) is 37.0 Å². The van der Waals surface area contributed by atoms with Crippen LogP contribution in [0.25, 0.3) is 0 Å². The van der Waals surface area contributed by atoms with E-state index in [0.29, 0.717) is 6.61 Å². The highest BCUT2D eigenvalue weighted by molar-refractivity contribution is 4.98. The van der Waals surface area contributed by atoms with Gasteiger partial charge in [-0.2, -0.15) is 0 Å². The maximum Gasteiger partial charge on any atom is 0.190 e. The van der Waals surface area contributed by atoms with Crippen molar-refractivity contribution in [2.75, 3.05) is 6.61 Å². The lowest BCUT2D eigenvalue weighted by molar-refractivity contribution is -0.253. The summed E-state index contributed by atoms with van der Waals surface area (Å²) in [6, 6.07) is 0. The van der Waals surface area contributed by atoms with Crippen molar-refractivity contribution in [2.45, 2.75) is 44.2 Å². The molecule has 12 heavy (non-hydrogen) atoms. The Kier molecular flexibility index (Phi) is 1.22. The zero-order valence-electron chi connectivity index (χ0n) is 7.15. The Labute approximate surface area is 70.7 Å². The van der Waals surface area contributed by atoms with E-state index in [1.165, 1.54) is 0 Å². The minimum absolute atomic E-state index is 0.0150. The van der Waals surface area contributed by atoms with Gasteiger partial charge in [-0.3, -0.25) is 0 Å². The second kappa shape index (κ2) is 2.01. The molecular formula is C8H12O4. The van der Waals surface area contributed by atoms with Crippen LogP contribution in [0.15, 0.2) is 0 Å². The summed E-state index contributed by atoms with van der Waals surface area (Å²) in [5.74, 6) is -0.515. The number of ether oxygens (including phenoxy) is 4. The molecule has 0 aromatic carbocycles. The summed E-state index contributed by atoms with van der Waals surface area (Å²) in [7, 11) is 0. The largest absolute Gasteiger partial charge is 0.370 e. The number of hydrogen-bond donors (Lipinski definition) is 0. The van der Waals surface area contributed by atoms with Crippen molar-refractivity contribution in [1.29, 1.82) is 0 Å². The predicted molar refractivity (Wildman–Crippen MR) is 38.4 cm³/mol. The third-order valence-electron chi connectivity index (χ3n) is 2.54. The van der Waals surface area contributed by atoms with Crippen LogP contribution in [-0.2, 0) is 18.9 Å². The average Bonchev–Trinajstić information content (AvgIpc) is 2.26. The van der Waals surface area contributed by atoms with Gasteiger partial charge in [-0.05, 0) is 13.8 Å². The molecule has 1 unspecified atom stereocenters. The van der Waals surface area contributed by atoms with Gasteiger partial charge >= 0.3 is 0 Å². The molecular weight excluding hydrogens is 160 g/mol. The normalized spacial score (nSPS) is 54.5. The van der Waals surface area contributed by atoms with Crippen molar-refractivity contribution >= 4 is 0 Å². The van der Waals surface area contributed by atoms with Crippen LogP contribution in [0.4, 0.5) is 0 Å². The van der Waals surface area contributed by atoms with Crippen LogP contribution in [0, 0.1) is 0 Å². The maximum absolute atomic E-state index is 5.63. The Balaban J connectivity index is 1.81. The van der Waals surface area contributed by atoms with Crippen LogP contribution >= 0.6 is 0 Å². The Morgan fingerprint density at radius 1 is 1.17 bits per heavy atom. The second-order valence-corrected chi connectivity index (χ2v) is 3.94. The van der Waals surface area contributed by atoms with E-state index in [0.717, 1.165) is 0 Å². The van der Waals surface area contributed by atoms with E-state index < -0.39 is 5.79 Å². The molecule has 3 heterocycles. The molecule has 3 rings (SSSR count). The highest BCUT2D eigenvalue weighted by atomic mass is 16.9. The third-order valence-corrected chi connectivity index (χ3v) is 2.54. The zero-order chi connectivity index (χ0) is 8.34. The van der Waals surface area contributed by atoms with Crippen molar-refractivity contribution in [3.05, 3.63) is 0 Å². The SMILES string of the molecule is CC1(C)O[C@H]2O[C@@H]3COC3[C@H]2O1. The van der Waals surface area contributed by atoms with E-state index in [9.17, 15) is 0 Å². The van der Waals surface area contributed by atoms with Gasteiger partial charge in [0.15, 0.2) is 12.1 Å². The maximum atomic E-state index is 5.63. The fourth-order valence-electron chi connectivity index (χ4n) is 1.97. The molecule has 4 atom stereocenters. The third kappa shape index (κ3) is 0.808. The van der Waals surface area contributed by atoms with Crippen molar-refractivity contribution in [3.63, 3.8) is 0 Å². The monoisotopic (exact) mass is 172 g/mol. The van der Waals surface area contributed by atoms with E-state index >= 15 is 0 Å². The molecule has 0 bridgehead atoms. The van der Waals surface area contributed by atoms with E-state index in [1.807, 2.05) is 13.8 Å². The standard InChI is InChI=1S/C8H12O4/c1-8(2)11-6-5-4(3-9-5)10-7(6)12-8/h4-7H,3H2,1-2H3/t4-,5?,6-,7-/m1/s1. The van der Waals surface area contributed by atoms with E-state index in [4.69, 9.17) is 18.9 Å². The van der Waals surface area contributed by atoms with E-state index in [-0.39, 0.29) is 24.6 Å². The van der Waals surface area contributed by atoms with Gasteiger partial charge in [0, 0.05) is 0 Å². The van der Waals surface area contributed by atoms with Crippen molar-refractivity contribution in [2.24, 2.45) is 0 Å². The van der Waals surface area contributed by atoms with Gasteiger partial charge in [-0.1, -0.05) is 0 Å². The first-order valence-electron chi connectivity index (χ1n) is 4.28. The van der Waals surface area contributed by atoms with Gasteiger partial charge in [0.25, 0.3) is 0 Å². The summed E-state index contributed by atoms with van der Waals surface area (Å²) in [6.45, 7) is 4.47. The molecule has 3 fully saturated rings. The molecule has 0 aromatic rings. The fraction of sp³-hybridized carbons (Fsp3) is 1.00. The molecule has 4 heteroatoms. The first kappa shape index (κ1) is 7.26. The summed E-state index contributed by atoms with van der Waals surface area (Å²) in [6.07, 6.45) is 0.0872. The molecule has 0 saturated carbocycles. The molecule has 3 aliphatic heterocycles. The highest BCUT2D eigenvalue weighted by Crippen LogP contribution is 2.42. The van der Waals surface area contributed by atoms with Crippen LogP contribution < -0.4 is 0 Å². The van der Waals surface area contributed by atoms with Crippen LogP contribution in [0.2, 0.25) is 0 Å². The summed E-state index contributed by atoms with van der Waals surface area (Å²) in [5, 5.41) is 0. The smallest absolute Gasteiger partial charge is 0.190 e. The van der Waals surface area contributed by atoms with Crippen molar-refractivity contribution in [1.82, 2.24) is 0 Å². The van der Waals surface area contributed by atoms with Gasteiger partial charge in [0.05, 0.1) is 6.61 Å². The predicted octanol–water partition coefficient (Wildman–Crippen LogP) is 0.262. The number of hydrogen-bond acceptors (Lipinski definition) is 4. The quantitative estimate of drug-likeness (QED) is 0.525. The zero-order valence-corrected chi connectivity index (χ0v) is 7.15. The van der Waals surface area contributed by atoms with Gasteiger partial charge in [0.1, 0.15) is 18.3 Å². The minimum atomic E-state index is -0.515. The van der Waals surface area contributed by atoms with Crippen LogP contribution in [0.5, 0.6) is 0 Å². The first-order valence-corrected chi connectivity index (χ1v) is 4.28. The van der Waals surface area contributed by atoms with Gasteiger partial charge in [0.2, 0.25) is 0 Å². The Morgan fingerprint density at radius 2 is 2.00 bits per heavy atom. The van der Waals surface area contributed by atoms with E-state index in [1.54, 1.807) is 0 Å². The van der Waals surface area contributed by atoms with Crippen molar-refractivity contribution in [3.8, 4) is 0 Å². The van der Waals surface area contributed by atoms with E-state index in [2.05, 4.69) is 0 Å². The molecule has 4 nitrogen and oxygen atoms in total. The molecule has 0 radical (unpaired) electrons. The highest BCUT2D eigenvalue weighted by Gasteiger charge is 2.59. The topological polar surface area (TPSA) is 36.9 Å². The second-order valence-electron chi connectivity index (χ2n) is 3.94. The van der Waals surface area contributed by atoms with Gasteiger partial charge in [-0.25, -0.2) is 0 Å². The lowest BCUT2D eigenvalue weighted by atomic mass is 10.1. The Hall–Kier alpha value is -0.160. The molecule has 0 amide bonds. The van der Waals surface area contributed by atoms with Gasteiger partial charge in [-0.15, -0.1) is 0 Å². The summed E-state index contributed by atoms with van der Waals surface area (Å²) in [5.41, 5.74) is 0. The molecule has 3 saturated heterocycles.